The van der Waals surface area contributed by atoms with Crippen LogP contribution in [-0.2, 0) is 9.59 Å². The first-order chi connectivity index (χ1) is 5.95. The molecule has 0 aliphatic carbocycles. The Labute approximate surface area is 73.1 Å². The average molecular weight is 194 g/mol. The molecule has 0 aromatic rings. The van der Waals surface area contributed by atoms with Gasteiger partial charge >= 0.3 is 0 Å². The lowest BCUT2D eigenvalue weighted by Gasteiger charge is -2.13. The molecule has 0 aliphatic heterocycles. The van der Waals surface area contributed by atoms with Gasteiger partial charge in [0.05, 0.1) is 13.2 Å². The molecule has 0 rings (SSSR count). The molecule has 0 aromatic heterocycles. The molecular weight excluding hydrogens is 184 g/mol. The Morgan fingerprint density at radius 3 is 1.15 bits per heavy atom. The van der Waals surface area contributed by atoms with Crippen LogP contribution in [0, 0.1) is 10.8 Å². The van der Waals surface area contributed by atoms with Gasteiger partial charge in [-0.25, -0.2) is 20.4 Å². The minimum Gasteiger partial charge on any atom is -0.391 e. The van der Waals surface area contributed by atoms with E-state index >= 15 is 0 Å². The van der Waals surface area contributed by atoms with Crippen molar-refractivity contribution in [1.82, 2.24) is 0 Å². The number of hydrogen-bond acceptors (Lipinski definition) is 8. The first-order valence-corrected chi connectivity index (χ1v) is 2.70. The quantitative estimate of drug-likeness (QED) is 0.161. The normalized spacial score (nSPS) is 7.69. The van der Waals surface area contributed by atoms with E-state index in [0.717, 1.165) is 12.2 Å². The Balaban J connectivity index is -0.000000140. The summed E-state index contributed by atoms with van der Waals surface area (Å²) < 4.78 is 0. The molecule has 8 heteroatoms. The van der Waals surface area contributed by atoms with Crippen LogP contribution in [0.1, 0.15) is 0 Å². The summed E-state index contributed by atoms with van der Waals surface area (Å²) >= 11 is 0. The first-order valence-electron chi connectivity index (χ1n) is 2.70. The average Bonchev–Trinajstić information content (AvgIpc) is 2.08. The third-order valence-electron chi connectivity index (χ3n) is 0.506. The minimum absolute atomic E-state index is 0.750. The van der Waals surface area contributed by atoms with Crippen LogP contribution < -0.4 is 0 Å². The van der Waals surface area contributed by atoms with Crippen LogP contribution in [0.15, 0.2) is 0 Å². The van der Waals surface area contributed by atoms with Gasteiger partial charge in [0, 0.05) is 0 Å². The van der Waals surface area contributed by atoms with Crippen molar-refractivity contribution >= 4 is 12.2 Å². The molecule has 0 atom stereocenters. The molecule has 0 bridgehead atoms. The predicted octanol–water partition coefficient (Wildman–Crippen LogP) is -2.55. The van der Waals surface area contributed by atoms with E-state index in [0.29, 0.717) is 0 Å². The summed E-state index contributed by atoms with van der Waals surface area (Å²) in [5.74, 6) is -2.31. The Morgan fingerprint density at radius 2 is 1.15 bits per heavy atom. The Bertz CT molecular complexity index is 150. The summed E-state index contributed by atoms with van der Waals surface area (Å²) in [6, 6.07) is 0. The van der Waals surface area contributed by atoms with E-state index in [2.05, 4.69) is 0 Å². The van der Waals surface area contributed by atoms with Crippen molar-refractivity contribution in [3.8, 4) is 0 Å². The van der Waals surface area contributed by atoms with Crippen LogP contribution in [-0.4, -0.2) is 51.6 Å². The van der Waals surface area contributed by atoms with Crippen molar-refractivity contribution in [2.75, 3.05) is 13.2 Å². The van der Waals surface area contributed by atoms with Gasteiger partial charge in [0.15, 0.2) is 0 Å². The lowest BCUT2D eigenvalue weighted by molar-refractivity contribution is -0.208. The van der Waals surface area contributed by atoms with Gasteiger partial charge in [-0.1, -0.05) is 0 Å². The van der Waals surface area contributed by atoms with Crippen LogP contribution in [0.4, 0.5) is 0 Å². The molecule has 0 amide bonds. The van der Waals surface area contributed by atoms with Gasteiger partial charge in [0.25, 0.3) is 0 Å². The van der Waals surface area contributed by atoms with Crippen LogP contribution in [0.3, 0.4) is 0 Å². The molecule has 0 fully saturated rings. The van der Waals surface area contributed by atoms with Gasteiger partial charge < -0.3 is 20.4 Å². The van der Waals surface area contributed by atoms with E-state index in [1.165, 1.54) is 0 Å². The topological polar surface area (TPSA) is 163 Å². The fourth-order valence-corrected chi connectivity index (χ4v) is 0.0500. The third-order valence-corrected chi connectivity index (χ3v) is 0.506. The molecule has 0 aromatic carbocycles. The Morgan fingerprint density at radius 1 is 1.00 bits per heavy atom. The maximum atomic E-state index is 8.35. The van der Waals surface area contributed by atoms with Crippen LogP contribution in [0.25, 0.3) is 0 Å². The summed E-state index contributed by atoms with van der Waals surface area (Å²) in [4.78, 5) is 16.7. The minimum atomic E-state index is -2.31. The largest absolute Gasteiger partial charge is 0.391 e. The summed E-state index contributed by atoms with van der Waals surface area (Å²) in [6.07, 6.45) is 1.50. The molecule has 0 spiro atoms. The summed E-state index contributed by atoms with van der Waals surface area (Å²) in [6.45, 7) is -1.69. The molecule has 8 nitrogen and oxygen atoms in total. The lowest BCUT2D eigenvalue weighted by atomic mass is 10.3. The van der Waals surface area contributed by atoms with Crippen molar-refractivity contribution in [2.24, 2.45) is 0 Å². The van der Waals surface area contributed by atoms with Gasteiger partial charge in [-0.15, -0.1) is 0 Å². The van der Waals surface area contributed by atoms with Gasteiger partial charge in [-0.05, 0) is 0 Å². The standard InChI is InChI=1S/C3H8O4.2CHNO/c4-1-3(6,7)2-5;2*2-1-3/h4-7H,1-2H2;2*2H. The van der Waals surface area contributed by atoms with Crippen LogP contribution in [0.5, 0.6) is 0 Å². The number of aliphatic hydroxyl groups is 4. The maximum Gasteiger partial charge on any atom is 0.231 e. The van der Waals surface area contributed by atoms with Crippen molar-refractivity contribution in [3.05, 3.63) is 0 Å². The number of nitrogens with one attached hydrogen (secondary N) is 2. The zero-order valence-electron chi connectivity index (χ0n) is 6.52. The molecule has 0 saturated heterocycles. The maximum absolute atomic E-state index is 8.35. The van der Waals surface area contributed by atoms with Gasteiger partial charge in [0.1, 0.15) is 0 Å². The molecule has 76 valence electrons. The van der Waals surface area contributed by atoms with Crippen LogP contribution in [0.2, 0.25) is 0 Å². The number of hydrogen-bond donors (Lipinski definition) is 6. The highest BCUT2D eigenvalue weighted by Gasteiger charge is 2.18. The van der Waals surface area contributed by atoms with Gasteiger partial charge in [-0.2, -0.15) is 0 Å². The molecule has 6 N–H and O–H groups in total. The number of aliphatic hydroxyl groups excluding tert-OH is 2. The SMILES string of the molecule is N=C=O.N=C=O.OCC(O)(O)CO. The van der Waals surface area contributed by atoms with E-state index in [4.69, 9.17) is 40.8 Å². The molecule has 0 radical (unpaired) electrons. The second-order valence-corrected chi connectivity index (χ2v) is 1.50. The fraction of sp³-hybridized carbons (Fsp3) is 0.600. The molecular formula is C5H10N2O6. The van der Waals surface area contributed by atoms with Crippen molar-refractivity contribution in [3.63, 3.8) is 0 Å². The highest BCUT2D eigenvalue weighted by Crippen LogP contribution is 1.91. The molecule has 0 unspecified atom stereocenters. The Hall–Kier alpha value is -1.40. The smallest absolute Gasteiger partial charge is 0.231 e. The van der Waals surface area contributed by atoms with Crippen LogP contribution >= 0.6 is 0 Å². The van der Waals surface area contributed by atoms with E-state index in [-0.39, 0.29) is 0 Å². The van der Waals surface area contributed by atoms with E-state index in [9.17, 15) is 0 Å². The summed E-state index contributed by atoms with van der Waals surface area (Å²) in [7, 11) is 0. The van der Waals surface area contributed by atoms with E-state index in [1.54, 1.807) is 0 Å². The highest BCUT2D eigenvalue weighted by atomic mass is 16.5. The second kappa shape index (κ2) is 13.2. The number of isocyanates is 2. The van der Waals surface area contributed by atoms with Crippen molar-refractivity contribution in [1.29, 1.82) is 10.8 Å². The zero-order valence-corrected chi connectivity index (χ0v) is 6.52. The zero-order chi connectivity index (χ0) is 11.3. The van der Waals surface area contributed by atoms with Gasteiger partial charge in [0.2, 0.25) is 17.9 Å². The molecule has 0 saturated carbocycles. The summed E-state index contributed by atoms with van der Waals surface area (Å²) in [5.41, 5.74) is 0. The number of carbonyl (C=O) groups excluding carboxylic acids is 2. The van der Waals surface area contributed by atoms with E-state index < -0.39 is 19.0 Å². The fourth-order valence-electron chi connectivity index (χ4n) is 0.0500. The summed E-state index contributed by atoms with van der Waals surface area (Å²) in [5, 5.41) is 43.0. The second-order valence-electron chi connectivity index (χ2n) is 1.50. The van der Waals surface area contributed by atoms with Crippen molar-refractivity contribution in [2.45, 2.75) is 5.79 Å². The van der Waals surface area contributed by atoms with Crippen molar-refractivity contribution < 1.29 is 30.0 Å². The predicted molar refractivity (Wildman–Crippen MR) is 38.2 cm³/mol. The third kappa shape index (κ3) is 37.0. The molecule has 0 heterocycles. The molecule has 0 aliphatic rings. The monoisotopic (exact) mass is 194 g/mol. The highest BCUT2D eigenvalue weighted by molar-refractivity contribution is 5.26. The lowest BCUT2D eigenvalue weighted by Crippen LogP contribution is -2.36. The van der Waals surface area contributed by atoms with Gasteiger partial charge in [-0.3, -0.25) is 0 Å². The Kier molecular flexibility index (Phi) is 17.9. The first kappa shape index (κ1) is 17.6. The molecule has 13 heavy (non-hydrogen) atoms. The van der Waals surface area contributed by atoms with E-state index in [1.807, 2.05) is 0 Å². The number of rotatable bonds is 2.